The Hall–Kier alpha value is -1.55. The van der Waals surface area contributed by atoms with Crippen LogP contribution in [-0.4, -0.2) is 30.2 Å². The number of Topliss-reactive ketones (excluding diaryl/α,β-unsaturated/α-hetero) is 1. The van der Waals surface area contributed by atoms with E-state index in [0.717, 1.165) is 0 Å². The van der Waals surface area contributed by atoms with Crippen molar-refractivity contribution in [1.29, 1.82) is 0 Å². The lowest BCUT2D eigenvalue weighted by Crippen LogP contribution is -2.32. The van der Waals surface area contributed by atoms with E-state index in [-0.39, 0.29) is 18.5 Å². The van der Waals surface area contributed by atoms with Gasteiger partial charge in [0.25, 0.3) is 0 Å². The van der Waals surface area contributed by atoms with E-state index in [1.807, 2.05) is 0 Å². The smallest absolute Gasteiger partial charge is 0.162 e. The van der Waals surface area contributed by atoms with Crippen molar-refractivity contribution in [3.8, 4) is 11.5 Å². The van der Waals surface area contributed by atoms with Crippen LogP contribution in [0.3, 0.4) is 0 Å². The molecule has 0 bridgehead atoms. The van der Waals surface area contributed by atoms with E-state index in [0.29, 0.717) is 23.7 Å². The van der Waals surface area contributed by atoms with Crippen molar-refractivity contribution in [3.05, 3.63) is 23.8 Å². The number of rotatable bonds is 2. The number of carbonyl (C=O) groups is 1. The van der Waals surface area contributed by atoms with Crippen LogP contribution in [-0.2, 0) is 0 Å². The van der Waals surface area contributed by atoms with Crippen LogP contribution in [0.5, 0.6) is 11.5 Å². The van der Waals surface area contributed by atoms with E-state index < -0.39 is 0 Å². The molecule has 0 fully saturated rings. The summed E-state index contributed by atoms with van der Waals surface area (Å²) < 4.78 is 10.8. The number of ketones is 1. The van der Waals surface area contributed by atoms with Gasteiger partial charge in [0.05, 0.1) is 6.61 Å². The molecule has 0 spiro atoms. The Morgan fingerprint density at radius 1 is 1.53 bits per heavy atom. The van der Waals surface area contributed by atoms with Crippen LogP contribution in [0.4, 0.5) is 0 Å². The van der Waals surface area contributed by atoms with Crippen molar-refractivity contribution >= 4 is 5.78 Å². The predicted molar refractivity (Wildman–Crippen MR) is 53.4 cm³/mol. The van der Waals surface area contributed by atoms with Crippen molar-refractivity contribution in [2.24, 2.45) is 0 Å². The van der Waals surface area contributed by atoms with Crippen LogP contribution in [0.25, 0.3) is 0 Å². The number of carbonyl (C=O) groups excluding carboxylic acids is 1. The first-order valence-electron chi connectivity index (χ1n) is 4.76. The monoisotopic (exact) mass is 208 g/mol. The van der Waals surface area contributed by atoms with Crippen LogP contribution in [0.2, 0.25) is 0 Å². The fourth-order valence-electron chi connectivity index (χ4n) is 1.42. The van der Waals surface area contributed by atoms with Crippen LogP contribution in [0.15, 0.2) is 18.2 Å². The molecule has 1 aliphatic rings. The lowest BCUT2D eigenvalue weighted by Gasteiger charge is -2.25. The van der Waals surface area contributed by atoms with Gasteiger partial charge in [-0.05, 0) is 25.1 Å². The van der Waals surface area contributed by atoms with Gasteiger partial charge < -0.3 is 14.6 Å². The Balaban J connectivity index is 2.30. The second kappa shape index (κ2) is 3.90. The first kappa shape index (κ1) is 9.98. The first-order chi connectivity index (χ1) is 7.20. The Morgan fingerprint density at radius 2 is 2.33 bits per heavy atom. The molecular formula is C11H12O4. The molecule has 80 valence electrons. The SMILES string of the molecule is CC(=O)c1ccc2c(c1)OC(CO)CO2. The van der Waals surface area contributed by atoms with Gasteiger partial charge in [-0.3, -0.25) is 4.79 Å². The quantitative estimate of drug-likeness (QED) is 0.737. The maximum Gasteiger partial charge on any atom is 0.162 e. The molecule has 2 rings (SSSR count). The zero-order chi connectivity index (χ0) is 10.8. The van der Waals surface area contributed by atoms with Gasteiger partial charge in [0.15, 0.2) is 23.4 Å². The second-order valence-electron chi connectivity index (χ2n) is 3.45. The van der Waals surface area contributed by atoms with Crippen LogP contribution in [0, 0.1) is 0 Å². The summed E-state index contributed by atoms with van der Waals surface area (Å²) in [5, 5.41) is 8.92. The van der Waals surface area contributed by atoms with Gasteiger partial charge in [-0.25, -0.2) is 0 Å². The average Bonchev–Trinajstić information content (AvgIpc) is 2.27. The summed E-state index contributed by atoms with van der Waals surface area (Å²) >= 11 is 0. The van der Waals surface area contributed by atoms with Crippen molar-refractivity contribution < 1.29 is 19.4 Å². The molecule has 0 saturated carbocycles. The standard InChI is InChI=1S/C11H12O4/c1-7(13)8-2-3-10-11(4-8)15-9(5-12)6-14-10/h2-4,9,12H,5-6H2,1H3. The van der Waals surface area contributed by atoms with Crippen molar-refractivity contribution in [2.75, 3.05) is 13.2 Å². The fourth-order valence-corrected chi connectivity index (χ4v) is 1.42. The Morgan fingerprint density at radius 3 is 3.00 bits per heavy atom. The highest BCUT2D eigenvalue weighted by Gasteiger charge is 2.20. The molecule has 4 heteroatoms. The molecule has 1 atom stereocenters. The van der Waals surface area contributed by atoms with Gasteiger partial charge in [-0.2, -0.15) is 0 Å². The van der Waals surface area contributed by atoms with Crippen LogP contribution < -0.4 is 9.47 Å². The highest BCUT2D eigenvalue weighted by Crippen LogP contribution is 2.32. The second-order valence-corrected chi connectivity index (χ2v) is 3.45. The number of ether oxygens (including phenoxy) is 2. The van der Waals surface area contributed by atoms with Gasteiger partial charge >= 0.3 is 0 Å². The third kappa shape index (κ3) is 1.94. The molecule has 1 aliphatic heterocycles. The molecule has 1 N–H and O–H groups in total. The number of hydrogen-bond donors (Lipinski definition) is 1. The number of fused-ring (bicyclic) bond motifs is 1. The molecule has 1 unspecified atom stereocenters. The third-order valence-corrected chi connectivity index (χ3v) is 2.27. The zero-order valence-electron chi connectivity index (χ0n) is 8.40. The van der Waals surface area contributed by atoms with Crippen LogP contribution >= 0.6 is 0 Å². The lowest BCUT2D eigenvalue weighted by atomic mass is 10.1. The summed E-state index contributed by atoms with van der Waals surface area (Å²) in [6.07, 6.45) is -0.347. The summed E-state index contributed by atoms with van der Waals surface area (Å²) in [5.41, 5.74) is 0.580. The van der Waals surface area contributed by atoms with Gasteiger partial charge in [-0.15, -0.1) is 0 Å². The van der Waals surface area contributed by atoms with Gasteiger partial charge in [-0.1, -0.05) is 0 Å². The van der Waals surface area contributed by atoms with Gasteiger partial charge in [0, 0.05) is 5.56 Å². The normalized spacial score (nSPS) is 18.7. The Bertz CT molecular complexity index is 386. The van der Waals surface area contributed by atoms with Crippen LogP contribution in [0.1, 0.15) is 17.3 Å². The van der Waals surface area contributed by atoms with E-state index in [4.69, 9.17) is 14.6 Å². The largest absolute Gasteiger partial charge is 0.486 e. The van der Waals surface area contributed by atoms with Gasteiger partial charge in [0.2, 0.25) is 0 Å². The molecule has 0 amide bonds. The minimum absolute atomic E-state index is 0.0208. The highest BCUT2D eigenvalue weighted by atomic mass is 16.6. The summed E-state index contributed by atoms with van der Waals surface area (Å²) in [5.74, 6) is 1.12. The van der Waals surface area contributed by atoms with E-state index in [1.165, 1.54) is 6.92 Å². The zero-order valence-corrected chi connectivity index (χ0v) is 8.40. The molecule has 15 heavy (non-hydrogen) atoms. The minimum atomic E-state index is -0.347. The van der Waals surface area contributed by atoms with E-state index >= 15 is 0 Å². The molecule has 4 nitrogen and oxygen atoms in total. The molecule has 0 saturated heterocycles. The third-order valence-electron chi connectivity index (χ3n) is 2.27. The van der Waals surface area contributed by atoms with E-state index in [2.05, 4.69) is 0 Å². The topological polar surface area (TPSA) is 55.8 Å². The molecule has 0 radical (unpaired) electrons. The summed E-state index contributed by atoms with van der Waals surface area (Å²) in [7, 11) is 0. The molecule has 1 aromatic rings. The molecule has 1 heterocycles. The minimum Gasteiger partial charge on any atom is -0.486 e. The first-order valence-corrected chi connectivity index (χ1v) is 4.76. The summed E-state index contributed by atoms with van der Waals surface area (Å²) in [6, 6.07) is 5.04. The van der Waals surface area contributed by atoms with Crippen molar-refractivity contribution in [3.63, 3.8) is 0 Å². The van der Waals surface area contributed by atoms with Crippen molar-refractivity contribution in [1.82, 2.24) is 0 Å². The van der Waals surface area contributed by atoms with Gasteiger partial charge in [0.1, 0.15) is 6.61 Å². The van der Waals surface area contributed by atoms with Crippen molar-refractivity contribution in [2.45, 2.75) is 13.0 Å². The highest BCUT2D eigenvalue weighted by molar-refractivity contribution is 5.94. The van der Waals surface area contributed by atoms with E-state index in [1.54, 1.807) is 18.2 Å². The maximum absolute atomic E-state index is 11.1. The summed E-state index contributed by atoms with van der Waals surface area (Å²) in [6.45, 7) is 1.74. The maximum atomic E-state index is 11.1. The summed E-state index contributed by atoms with van der Waals surface area (Å²) in [4.78, 5) is 11.1. The Kier molecular flexibility index (Phi) is 2.60. The van der Waals surface area contributed by atoms with E-state index in [9.17, 15) is 4.79 Å². The number of hydrogen-bond acceptors (Lipinski definition) is 4. The lowest BCUT2D eigenvalue weighted by molar-refractivity contribution is 0.0455. The Labute approximate surface area is 87.4 Å². The average molecular weight is 208 g/mol. The number of benzene rings is 1. The number of aliphatic hydroxyl groups excluding tert-OH is 1. The molecule has 1 aromatic carbocycles. The molecular weight excluding hydrogens is 196 g/mol. The predicted octanol–water partition coefficient (Wildman–Crippen LogP) is 1.02. The molecule has 0 aliphatic carbocycles. The number of aliphatic hydroxyl groups is 1. The fraction of sp³-hybridized carbons (Fsp3) is 0.364. The molecule has 0 aromatic heterocycles.